The van der Waals surface area contributed by atoms with E-state index in [1.165, 1.54) is 4.52 Å². The third-order valence-electron chi connectivity index (χ3n) is 3.90. The molecule has 0 radical (unpaired) electrons. The van der Waals surface area contributed by atoms with Crippen LogP contribution in [0.2, 0.25) is 0 Å². The first-order valence-corrected chi connectivity index (χ1v) is 9.25. The highest BCUT2D eigenvalue weighted by Crippen LogP contribution is 2.34. The van der Waals surface area contributed by atoms with Crippen molar-refractivity contribution >= 4 is 15.9 Å². The molecule has 4 aromatic rings. The fourth-order valence-electron chi connectivity index (χ4n) is 2.87. The van der Waals surface area contributed by atoms with Crippen molar-refractivity contribution in [3.63, 3.8) is 0 Å². The standard InChI is InChI=1S/C18H14N4O3S/c1-12-19-18-20-15(13-8-4-2-5-9-13)17(26(23,24)25)16(22(18)21-12)14-10-6-3-7-11-14/h2-11H,1H3,(H,23,24,25). The predicted octanol–water partition coefficient (Wildman–Crippen LogP) is 3.01. The number of hydrogen-bond acceptors (Lipinski definition) is 5. The van der Waals surface area contributed by atoms with Crippen molar-refractivity contribution in [2.24, 2.45) is 0 Å². The number of fused-ring (bicyclic) bond motifs is 1. The molecule has 0 amide bonds. The first-order valence-electron chi connectivity index (χ1n) is 7.81. The topological polar surface area (TPSA) is 97.5 Å². The van der Waals surface area contributed by atoms with Gasteiger partial charge in [0.2, 0.25) is 0 Å². The van der Waals surface area contributed by atoms with Crippen LogP contribution in [0, 0.1) is 6.92 Å². The summed E-state index contributed by atoms with van der Waals surface area (Å²) in [6, 6.07) is 17.7. The Morgan fingerprint density at radius 3 is 2.04 bits per heavy atom. The van der Waals surface area contributed by atoms with Crippen LogP contribution < -0.4 is 0 Å². The summed E-state index contributed by atoms with van der Waals surface area (Å²) in [5.41, 5.74) is 1.49. The average Bonchev–Trinajstić information content (AvgIpc) is 3.00. The number of nitrogens with zero attached hydrogens (tertiary/aromatic N) is 4. The minimum absolute atomic E-state index is 0.131. The van der Waals surface area contributed by atoms with Crippen LogP contribution in [0.3, 0.4) is 0 Å². The molecule has 130 valence electrons. The van der Waals surface area contributed by atoms with Crippen LogP contribution in [0.4, 0.5) is 0 Å². The lowest BCUT2D eigenvalue weighted by Gasteiger charge is -2.13. The zero-order chi connectivity index (χ0) is 18.3. The minimum Gasteiger partial charge on any atom is -0.282 e. The Morgan fingerprint density at radius 1 is 0.885 bits per heavy atom. The van der Waals surface area contributed by atoms with Crippen molar-refractivity contribution in [1.29, 1.82) is 0 Å². The Morgan fingerprint density at radius 2 is 1.46 bits per heavy atom. The molecule has 26 heavy (non-hydrogen) atoms. The average molecular weight is 366 g/mol. The number of aryl methyl sites for hydroxylation is 1. The van der Waals surface area contributed by atoms with Gasteiger partial charge in [-0.1, -0.05) is 60.7 Å². The van der Waals surface area contributed by atoms with E-state index in [1.807, 2.05) is 12.1 Å². The van der Waals surface area contributed by atoms with E-state index in [0.29, 0.717) is 17.0 Å². The Kier molecular flexibility index (Phi) is 3.78. The van der Waals surface area contributed by atoms with Crippen molar-refractivity contribution in [1.82, 2.24) is 19.6 Å². The molecule has 7 nitrogen and oxygen atoms in total. The quantitative estimate of drug-likeness (QED) is 0.560. The summed E-state index contributed by atoms with van der Waals surface area (Å²) in [4.78, 5) is 8.34. The second kappa shape index (κ2) is 6.01. The van der Waals surface area contributed by atoms with E-state index in [4.69, 9.17) is 0 Å². The maximum absolute atomic E-state index is 12.3. The van der Waals surface area contributed by atoms with Gasteiger partial charge < -0.3 is 0 Å². The molecular weight excluding hydrogens is 352 g/mol. The van der Waals surface area contributed by atoms with E-state index in [9.17, 15) is 13.0 Å². The normalized spacial score (nSPS) is 11.8. The molecule has 0 atom stereocenters. The molecule has 2 heterocycles. The zero-order valence-corrected chi connectivity index (χ0v) is 14.6. The third-order valence-corrected chi connectivity index (χ3v) is 4.80. The van der Waals surface area contributed by atoms with E-state index < -0.39 is 10.1 Å². The highest BCUT2D eigenvalue weighted by atomic mass is 32.2. The zero-order valence-electron chi connectivity index (χ0n) is 13.7. The lowest BCUT2D eigenvalue weighted by Crippen LogP contribution is -2.11. The Balaban J connectivity index is 2.23. The fourth-order valence-corrected chi connectivity index (χ4v) is 3.73. The molecule has 0 aliphatic carbocycles. The van der Waals surface area contributed by atoms with E-state index in [1.54, 1.807) is 55.5 Å². The highest BCUT2D eigenvalue weighted by Gasteiger charge is 2.28. The number of hydrogen-bond donors (Lipinski definition) is 1. The summed E-state index contributed by atoms with van der Waals surface area (Å²) in [5, 5.41) is 4.27. The molecule has 2 aromatic carbocycles. The van der Waals surface area contributed by atoms with Gasteiger partial charge in [0.1, 0.15) is 10.7 Å². The van der Waals surface area contributed by atoms with Gasteiger partial charge in [-0.25, -0.2) is 4.98 Å². The van der Waals surface area contributed by atoms with Gasteiger partial charge in [-0.05, 0) is 6.92 Å². The van der Waals surface area contributed by atoms with E-state index in [0.717, 1.165) is 0 Å². The summed E-state index contributed by atoms with van der Waals surface area (Å²) in [6.07, 6.45) is 0. The van der Waals surface area contributed by atoms with Gasteiger partial charge >= 0.3 is 0 Å². The fraction of sp³-hybridized carbons (Fsp3) is 0.0556. The second-order valence-electron chi connectivity index (χ2n) is 5.72. The molecule has 0 saturated heterocycles. The van der Waals surface area contributed by atoms with Crippen molar-refractivity contribution in [2.45, 2.75) is 11.8 Å². The van der Waals surface area contributed by atoms with Crippen LogP contribution in [-0.2, 0) is 10.1 Å². The molecule has 0 fully saturated rings. The maximum Gasteiger partial charge on any atom is 0.298 e. The predicted molar refractivity (Wildman–Crippen MR) is 96.2 cm³/mol. The molecule has 4 rings (SSSR count). The summed E-state index contributed by atoms with van der Waals surface area (Å²) in [6.45, 7) is 1.69. The molecule has 0 aliphatic heterocycles. The van der Waals surface area contributed by atoms with Crippen molar-refractivity contribution in [2.75, 3.05) is 0 Å². The van der Waals surface area contributed by atoms with Gasteiger partial charge in [-0.15, -0.1) is 5.10 Å². The van der Waals surface area contributed by atoms with Gasteiger partial charge in [0.05, 0.1) is 11.4 Å². The summed E-state index contributed by atoms with van der Waals surface area (Å²) in [7, 11) is -4.59. The highest BCUT2D eigenvalue weighted by molar-refractivity contribution is 7.86. The Bertz CT molecular complexity index is 1200. The molecule has 1 N–H and O–H groups in total. The first kappa shape index (κ1) is 16.4. The molecule has 0 aliphatic rings. The Labute approximate surface area is 149 Å². The molecule has 0 saturated carbocycles. The van der Waals surface area contributed by atoms with Gasteiger partial charge in [0.25, 0.3) is 15.9 Å². The number of rotatable bonds is 3. The Hall–Kier alpha value is -3.10. The monoisotopic (exact) mass is 366 g/mol. The minimum atomic E-state index is -4.59. The largest absolute Gasteiger partial charge is 0.298 e. The molecule has 2 aromatic heterocycles. The van der Waals surface area contributed by atoms with Gasteiger partial charge in [-0.2, -0.15) is 17.9 Å². The van der Waals surface area contributed by atoms with Gasteiger partial charge in [-0.3, -0.25) is 4.55 Å². The lowest BCUT2D eigenvalue weighted by molar-refractivity contribution is 0.483. The molecule has 8 heteroatoms. The summed E-state index contributed by atoms with van der Waals surface area (Å²) < 4.78 is 36.0. The molecule has 0 unspecified atom stereocenters. The summed E-state index contributed by atoms with van der Waals surface area (Å²) >= 11 is 0. The first-order chi connectivity index (χ1) is 12.4. The van der Waals surface area contributed by atoms with Crippen molar-refractivity contribution in [3.05, 3.63) is 66.5 Å². The van der Waals surface area contributed by atoms with Crippen LogP contribution in [0.25, 0.3) is 28.3 Å². The van der Waals surface area contributed by atoms with Crippen LogP contribution in [0.5, 0.6) is 0 Å². The third kappa shape index (κ3) is 2.75. The van der Waals surface area contributed by atoms with Crippen molar-refractivity contribution < 1.29 is 13.0 Å². The smallest absolute Gasteiger partial charge is 0.282 e. The summed E-state index contributed by atoms with van der Waals surface area (Å²) in [5.74, 6) is 0.703. The molecule has 0 bridgehead atoms. The number of aromatic nitrogens is 4. The van der Waals surface area contributed by atoms with Gasteiger partial charge in [0, 0.05) is 11.1 Å². The number of benzene rings is 2. The molecule has 0 spiro atoms. The van der Waals surface area contributed by atoms with E-state index in [-0.39, 0.29) is 22.1 Å². The maximum atomic E-state index is 12.3. The van der Waals surface area contributed by atoms with Crippen LogP contribution in [0.1, 0.15) is 5.82 Å². The molecular formula is C18H14N4O3S. The SMILES string of the molecule is Cc1nc2nc(-c3ccccc3)c(S(=O)(=O)O)c(-c3ccccc3)n2n1. The lowest BCUT2D eigenvalue weighted by atomic mass is 10.1. The van der Waals surface area contributed by atoms with Crippen molar-refractivity contribution in [3.8, 4) is 22.5 Å². The van der Waals surface area contributed by atoms with Crippen LogP contribution in [0.15, 0.2) is 65.6 Å². The second-order valence-corrected chi connectivity index (χ2v) is 7.07. The van der Waals surface area contributed by atoms with Gasteiger partial charge in [0.15, 0.2) is 0 Å². The van der Waals surface area contributed by atoms with Crippen LogP contribution in [-0.4, -0.2) is 32.6 Å². The van der Waals surface area contributed by atoms with Crippen LogP contribution >= 0.6 is 0 Å². The van der Waals surface area contributed by atoms with E-state index in [2.05, 4.69) is 15.1 Å². The van der Waals surface area contributed by atoms with E-state index >= 15 is 0 Å².